The van der Waals surface area contributed by atoms with E-state index in [9.17, 15) is 14.7 Å². The SMILES string of the molecule is CC/C=C\CC1(O)C(=O)CC=C1CCCCCCCC(=O)O. The minimum atomic E-state index is -1.28. The van der Waals surface area contributed by atoms with Gasteiger partial charge in [-0.15, -0.1) is 0 Å². The average Bonchev–Trinajstić information content (AvgIpc) is 2.74. The molecular weight excluding hydrogens is 280 g/mol. The van der Waals surface area contributed by atoms with E-state index in [1.54, 1.807) is 0 Å². The predicted octanol–water partition coefficient (Wildman–Crippen LogP) is 3.79. The summed E-state index contributed by atoms with van der Waals surface area (Å²) in [6, 6.07) is 0. The zero-order chi connectivity index (χ0) is 16.4. The monoisotopic (exact) mass is 308 g/mol. The van der Waals surface area contributed by atoms with Crippen molar-refractivity contribution in [2.45, 2.75) is 76.7 Å². The second-order valence-corrected chi connectivity index (χ2v) is 5.96. The van der Waals surface area contributed by atoms with Gasteiger partial charge < -0.3 is 10.2 Å². The van der Waals surface area contributed by atoms with Gasteiger partial charge in [-0.05, 0) is 31.3 Å². The van der Waals surface area contributed by atoms with Crippen LogP contribution in [0.1, 0.15) is 71.1 Å². The first kappa shape index (κ1) is 18.6. The molecule has 2 N–H and O–H groups in total. The minimum absolute atomic E-state index is 0.0929. The maximum atomic E-state index is 11.9. The van der Waals surface area contributed by atoms with Crippen LogP contribution in [0.25, 0.3) is 0 Å². The molecule has 4 heteroatoms. The highest BCUT2D eigenvalue weighted by Gasteiger charge is 2.41. The van der Waals surface area contributed by atoms with Crippen molar-refractivity contribution < 1.29 is 19.8 Å². The van der Waals surface area contributed by atoms with Crippen molar-refractivity contribution in [3.05, 3.63) is 23.8 Å². The van der Waals surface area contributed by atoms with Crippen LogP contribution in [0.2, 0.25) is 0 Å². The Morgan fingerprint density at radius 3 is 2.59 bits per heavy atom. The molecule has 1 atom stereocenters. The number of hydrogen-bond donors (Lipinski definition) is 2. The number of unbranched alkanes of at least 4 members (excludes halogenated alkanes) is 4. The van der Waals surface area contributed by atoms with Crippen molar-refractivity contribution in [2.75, 3.05) is 0 Å². The molecule has 1 aliphatic rings. The van der Waals surface area contributed by atoms with Crippen LogP contribution in [-0.4, -0.2) is 27.6 Å². The first-order valence-corrected chi connectivity index (χ1v) is 8.32. The molecule has 0 fully saturated rings. The van der Waals surface area contributed by atoms with Gasteiger partial charge in [0, 0.05) is 19.3 Å². The second kappa shape index (κ2) is 9.57. The number of ketones is 1. The van der Waals surface area contributed by atoms with E-state index < -0.39 is 11.6 Å². The Morgan fingerprint density at radius 1 is 1.23 bits per heavy atom. The maximum absolute atomic E-state index is 11.9. The Hall–Kier alpha value is -1.42. The fraction of sp³-hybridized carbons (Fsp3) is 0.667. The molecule has 22 heavy (non-hydrogen) atoms. The summed E-state index contributed by atoms with van der Waals surface area (Å²) < 4.78 is 0. The van der Waals surface area contributed by atoms with E-state index in [0.717, 1.165) is 50.5 Å². The lowest BCUT2D eigenvalue weighted by atomic mass is 9.87. The largest absolute Gasteiger partial charge is 0.481 e. The molecule has 1 unspecified atom stereocenters. The molecule has 0 radical (unpaired) electrons. The van der Waals surface area contributed by atoms with Crippen LogP contribution in [0.15, 0.2) is 23.8 Å². The number of carbonyl (C=O) groups is 2. The van der Waals surface area contributed by atoms with Crippen molar-refractivity contribution in [1.29, 1.82) is 0 Å². The standard InChI is InChI=1S/C18H28O4/c1-2-3-9-14-18(22)15(12-13-16(18)19)10-7-5-4-6-8-11-17(20)21/h3,9,12,22H,2,4-8,10-11,13-14H2,1H3,(H,20,21)/b9-3-. The molecule has 0 heterocycles. The molecule has 0 aliphatic heterocycles. The number of rotatable bonds is 11. The smallest absolute Gasteiger partial charge is 0.303 e. The summed E-state index contributed by atoms with van der Waals surface area (Å²) in [5, 5.41) is 19.2. The van der Waals surface area contributed by atoms with Gasteiger partial charge in [0.1, 0.15) is 5.60 Å². The summed E-state index contributed by atoms with van der Waals surface area (Å²) >= 11 is 0. The Labute approximate surface area is 132 Å². The van der Waals surface area contributed by atoms with Gasteiger partial charge in [-0.25, -0.2) is 0 Å². The quantitative estimate of drug-likeness (QED) is 0.450. The molecule has 124 valence electrons. The van der Waals surface area contributed by atoms with Crippen LogP contribution < -0.4 is 0 Å². The van der Waals surface area contributed by atoms with E-state index in [-0.39, 0.29) is 12.2 Å². The van der Waals surface area contributed by atoms with Gasteiger partial charge >= 0.3 is 5.97 Å². The number of hydrogen-bond acceptors (Lipinski definition) is 3. The molecule has 0 saturated carbocycles. The molecule has 0 spiro atoms. The normalized spacial score (nSPS) is 21.5. The fourth-order valence-corrected chi connectivity index (χ4v) is 2.83. The summed E-state index contributed by atoms with van der Waals surface area (Å²) in [7, 11) is 0. The Kier molecular flexibility index (Phi) is 8.10. The van der Waals surface area contributed by atoms with Gasteiger partial charge in [0.25, 0.3) is 0 Å². The number of aliphatic carboxylic acids is 1. The number of aliphatic hydroxyl groups is 1. The van der Waals surface area contributed by atoms with Gasteiger partial charge in [0.05, 0.1) is 0 Å². The Bertz CT molecular complexity index is 436. The van der Waals surface area contributed by atoms with Gasteiger partial charge in [0.15, 0.2) is 5.78 Å². The molecule has 1 rings (SSSR count). The number of allylic oxidation sites excluding steroid dienone is 2. The number of carboxylic acids is 1. The van der Waals surface area contributed by atoms with Crippen molar-refractivity contribution in [2.24, 2.45) is 0 Å². The highest BCUT2D eigenvalue weighted by atomic mass is 16.4. The summed E-state index contributed by atoms with van der Waals surface area (Å²) in [4.78, 5) is 22.3. The summed E-state index contributed by atoms with van der Waals surface area (Å²) in [6.45, 7) is 2.03. The fourth-order valence-electron chi connectivity index (χ4n) is 2.83. The van der Waals surface area contributed by atoms with Crippen LogP contribution in [-0.2, 0) is 9.59 Å². The first-order chi connectivity index (χ1) is 10.5. The molecule has 1 aliphatic carbocycles. The zero-order valence-electron chi connectivity index (χ0n) is 13.5. The highest BCUT2D eigenvalue weighted by Crippen LogP contribution is 2.34. The Morgan fingerprint density at radius 2 is 1.91 bits per heavy atom. The van der Waals surface area contributed by atoms with E-state index in [2.05, 4.69) is 0 Å². The lowest BCUT2D eigenvalue weighted by molar-refractivity contribution is -0.137. The zero-order valence-corrected chi connectivity index (χ0v) is 13.5. The molecule has 0 amide bonds. The van der Waals surface area contributed by atoms with Gasteiger partial charge in [0.2, 0.25) is 0 Å². The van der Waals surface area contributed by atoms with E-state index in [1.165, 1.54) is 0 Å². The lowest BCUT2D eigenvalue weighted by Gasteiger charge is -2.23. The van der Waals surface area contributed by atoms with Gasteiger partial charge in [-0.3, -0.25) is 9.59 Å². The molecule has 0 bridgehead atoms. The van der Waals surface area contributed by atoms with Crippen molar-refractivity contribution in [3.8, 4) is 0 Å². The van der Waals surface area contributed by atoms with Gasteiger partial charge in [-0.1, -0.05) is 44.4 Å². The molecule has 0 saturated heterocycles. The third-order valence-electron chi connectivity index (χ3n) is 4.18. The summed E-state index contributed by atoms with van der Waals surface area (Å²) in [5.41, 5.74) is -0.418. The first-order valence-electron chi connectivity index (χ1n) is 8.32. The van der Waals surface area contributed by atoms with Crippen molar-refractivity contribution >= 4 is 11.8 Å². The second-order valence-electron chi connectivity index (χ2n) is 5.96. The third-order valence-corrected chi connectivity index (χ3v) is 4.18. The average molecular weight is 308 g/mol. The van der Waals surface area contributed by atoms with Crippen LogP contribution >= 0.6 is 0 Å². The Balaban J connectivity index is 2.30. The lowest BCUT2D eigenvalue weighted by Crippen LogP contribution is -2.36. The van der Waals surface area contributed by atoms with Crippen molar-refractivity contribution in [1.82, 2.24) is 0 Å². The van der Waals surface area contributed by atoms with E-state index in [4.69, 9.17) is 5.11 Å². The number of carboxylic acid groups (broad SMARTS) is 1. The van der Waals surface area contributed by atoms with Crippen LogP contribution in [0, 0.1) is 0 Å². The number of carbonyl (C=O) groups excluding carboxylic acids is 1. The van der Waals surface area contributed by atoms with E-state index in [0.29, 0.717) is 12.8 Å². The van der Waals surface area contributed by atoms with Gasteiger partial charge in [-0.2, -0.15) is 0 Å². The predicted molar refractivity (Wildman–Crippen MR) is 86.7 cm³/mol. The van der Waals surface area contributed by atoms with E-state index >= 15 is 0 Å². The topological polar surface area (TPSA) is 74.6 Å². The molecule has 4 nitrogen and oxygen atoms in total. The van der Waals surface area contributed by atoms with Crippen LogP contribution in [0.5, 0.6) is 0 Å². The maximum Gasteiger partial charge on any atom is 0.303 e. The summed E-state index contributed by atoms with van der Waals surface area (Å²) in [5.74, 6) is -0.829. The van der Waals surface area contributed by atoms with Crippen molar-refractivity contribution in [3.63, 3.8) is 0 Å². The molecule has 0 aromatic rings. The minimum Gasteiger partial charge on any atom is -0.481 e. The molecular formula is C18H28O4. The summed E-state index contributed by atoms with van der Waals surface area (Å²) in [6.07, 6.45) is 13.0. The van der Waals surface area contributed by atoms with Crippen LogP contribution in [0.3, 0.4) is 0 Å². The molecule has 0 aromatic heterocycles. The van der Waals surface area contributed by atoms with Crippen LogP contribution in [0.4, 0.5) is 0 Å². The third kappa shape index (κ3) is 5.76. The molecule has 0 aromatic carbocycles. The number of Topliss-reactive ketones (excluding diaryl/α,β-unsaturated/α-hetero) is 1. The van der Waals surface area contributed by atoms with E-state index in [1.807, 2.05) is 25.2 Å². The highest BCUT2D eigenvalue weighted by molar-refractivity contribution is 5.94.